The van der Waals surface area contributed by atoms with Crippen molar-refractivity contribution in [2.24, 2.45) is 0 Å². The van der Waals surface area contributed by atoms with Gasteiger partial charge in [0.1, 0.15) is 11.8 Å². The van der Waals surface area contributed by atoms with E-state index in [1.807, 2.05) is 36.4 Å². The van der Waals surface area contributed by atoms with Crippen molar-refractivity contribution in [3.8, 4) is 22.9 Å². The molecule has 1 heterocycles. The summed E-state index contributed by atoms with van der Waals surface area (Å²) >= 11 is 0. The number of nitrogens with zero attached hydrogens (tertiary/aromatic N) is 1. The van der Waals surface area contributed by atoms with E-state index in [0.29, 0.717) is 6.42 Å². The van der Waals surface area contributed by atoms with Crippen molar-refractivity contribution in [2.45, 2.75) is 37.8 Å². The largest absolute Gasteiger partial charge is 0.507 e. The summed E-state index contributed by atoms with van der Waals surface area (Å²) in [6.07, 6.45) is 3.40. The number of carbonyl (C=O) groups is 1. The monoisotopic (exact) mass is 349 g/mol. The van der Waals surface area contributed by atoms with Gasteiger partial charge in [-0.2, -0.15) is 5.26 Å². The molecule has 1 aliphatic rings. The molecule has 0 unspecified atom stereocenters. The number of piperidine rings is 1. The summed E-state index contributed by atoms with van der Waals surface area (Å²) < 4.78 is 0. The first-order chi connectivity index (χ1) is 12.7. The SMILES string of the molecule is N#C[C@H](Cc1ccc(-c2ccccc2O)cc1)NC(=O)[C@@H]1CCCCN1. The van der Waals surface area contributed by atoms with E-state index in [-0.39, 0.29) is 17.7 Å². The van der Waals surface area contributed by atoms with Gasteiger partial charge in [-0.25, -0.2) is 0 Å². The smallest absolute Gasteiger partial charge is 0.238 e. The number of benzene rings is 2. The minimum absolute atomic E-state index is 0.0953. The molecule has 1 fully saturated rings. The number of amides is 1. The highest BCUT2D eigenvalue weighted by atomic mass is 16.3. The molecule has 134 valence electrons. The van der Waals surface area contributed by atoms with Crippen LogP contribution in [0.15, 0.2) is 48.5 Å². The van der Waals surface area contributed by atoms with E-state index in [9.17, 15) is 15.2 Å². The second-order valence-electron chi connectivity index (χ2n) is 6.61. The molecule has 1 amide bonds. The third-order valence-corrected chi connectivity index (χ3v) is 4.71. The topological polar surface area (TPSA) is 85.2 Å². The van der Waals surface area contributed by atoms with Crippen LogP contribution in [-0.2, 0) is 11.2 Å². The highest BCUT2D eigenvalue weighted by molar-refractivity contribution is 5.82. The molecule has 2 atom stereocenters. The summed E-state index contributed by atoms with van der Waals surface area (Å²) in [5, 5.41) is 25.4. The normalized spacial score (nSPS) is 17.9. The standard InChI is InChI=1S/C21H23N3O2/c22-14-17(24-21(26)19-6-3-4-12-23-19)13-15-8-10-16(11-9-15)18-5-1-2-7-20(18)25/h1-2,5,7-11,17,19,23,25H,3-4,6,12-13H2,(H,24,26)/t17-,19-/m0/s1. The Morgan fingerprint density at radius 3 is 2.65 bits per heavy atom. The zero-order valence-corrected chi connectivity index (χ0v) is 14.6. The molecular weight excluding hydrogens is 326 g/mol. The van der Waals surface area contributed by atoms with Crippen LogP contribution in [0.3, 0.4) is 0 Å². The van der Waals surface area contributed by atoms with Gasteiger partial charge in [-0.05, 0) is 36.6 Å². The molecule has 0 spiro atoms. The molecule has 0 saturated carbocycles. The van der Waals surface area contributed by atoms with Crippen molar-refractivity contribution in [3.63, 3.8) is 0 Å². The van der Waals surface area contributed by atoms with Crippen LogP contribution in [0.2, 0.25) is 0 Å². The molecule has 0 aromatic heterocycles. The molecule has 1 aliphatic heterocycles. The summed E-state index contributed by atoms with van der Waals surface area (Å²) in [4.78, 5) is 12.3. The summed E-state index contributed by atoms with van der Waals surface area (Å²) in [5.74, 6) is 0.143. The van der Waals surface area contributed by atoms with Gasteiger partial charge < -0.3 is 15.7 Å². The van der Waals surface area contributed by atoms with Gasteiger partial charge in [-0.1, -0.05) is 48.9 Å². The van der Waals surface area contributed by atoms with Crippen molar-refractivity contribution >= 4 is 5.91 Å². The first kappa shape index (κ1) is 18.0. The van der Waals surface area contributed by atoms with Crippen molar-refractivity contribution in [3.05, 3.63) is 54.1 Å². The Bertz CT molecular complexity index is 790. The lowest BCUT2D eigenvalue weighted by molar-refractivity contribution is -0.124. The number of phenolic OH excluding ortho intramolecular Hbond substituents is 1. The Morgan fingerprint density at radius 2 is 2.00 bits per heavy atom. The summed E-state index contributed by atoms with van der Waals surface area (Å²) in [6.45, 7) is 0.850. The van der Waals surface area contributed by atoms with E-state index in [2.05, 4.69) is 16.7 Å². The van der Waals surface area contributed by atoms with Crippen LogP contribution in [0.25, 0.3) is 11.1 Å². The maximum Gasteiger partial charge on any atom is 0.238 e. The Balaban J connectivity index is 1.62. The molecule has 5 nitrogen and oxygen atoms in total. The van der Waals surface area contributed by atoms with E-state index < -0.39 is 6.04 Å². The average Bonchev–Trinajstić information content (AvgIpc) is 2.69. The quantitative estimate of drug-likeness (QED) is 0.775. The maximum atomic E-state index is 12.3. The number of phenols is 1. The van der Waals surface area contributed by atoms with Gasteiger partial charge in [0.25, 0.3) is 0 Å². The maximum absolute atomic E-state index is 12.3. The predicted molar refractivity (Wildman–Crippen MR) is 100 cm³/mol. The third-order valence-electron chi connectivity index (χ3n) is 4.71. The fraction of sp³-hybridized carbons (Fsp3) is 0.333. The van der Waals surface area contributed by atoms with Crippen LogP contribution in [0, 0.1) is 11.3 Å². The minimum atomic E-state index is -0.554. The van der Waals surface area contributed by atoms with E-state index in [1.54, 1.807) is 12.1 Å². The van der Waals surface area contributed by atoms with Crippen LogP contribution < -0.4 is 10.6 Å². The van der Waals surface area contributed by atoms with Gasteiger partial charge in [0.15, 0.2) is 0 Å². The van der Waals surface area contributed by atoms with Crippen molar-refractivity contribution in [1.82, 2.24) is 10.6 Å². The van der Waals surface area contributed by atoms with E-state index >= 15 is 0 Å². The number of carbonyl (C=O) groups excluding carboxylic acids is 1. The van der Waals surface area contributed by atoms with Gasteiger partial charge in [-0.15, -0.1) is 0 Å². The zero-order chi connectivity index (χ0) is 18.4. The molecule has 0 aliphatic carbocycles. The molecule has 3 rings (SSSR count). The molecule has 3 N–H and O–H groups in total. The van der Waals surface area contributed by atoms with Gasteiger partial charge in [0.05, 0.1) is 12.1 Å². The first-order valence-electron chi connectivity index (χ1n) is 8.98. The Morgan fingerprint density at radius 1 is 1.23 bits per heavy atom. The van der Waals surface area contributed by atoms with E-state index in [1.165, 1.54) is 0 Å². The van der Waals surface area contributed by atoms with Crippen molar-refractivity contribution in [2.75, 3.05) is 6.54 Å². The predicted octanol–water partition coefficient (Wildman–Crippen LogP) is 2.75. The molecule has 0 bridgehead atoms. The highest BCUT2D eigenvalue weighted by Crippen LogP contribution is 2.28. The van der Waals surface area contributed by atoms with Crippen LogP contribution in [0.5, 0.6) is 5.75 Å². The summed E-state index contributed by atoms with van der Waals surface area (Å²) in [5.41, 5.74) is 2.65. The van der Waals surface area contributed by atoms with Crippen LogP contribution in [-0.4, -0.2) is 29.6 Å². The second-order valence-corrected chi connectivity index (χ2v) is 6.61. The summed E-state index contributed by atoms with van der Waals surface area (Å²) in [6, 6.07) is 16.3. The number of hydrogen-bond donors (Lipinski definition) is 3. The zero-order valence-electron chi connectivity index (χ0n) is 14.6. The molecule has 5 heteroatoms. The number of para-hydroxylation sites is 1. The number of nitriles is 1. The lowest BCUT2D eigenvalue weighted by Gasteiger charge is -2.23. The molecule has 1 saturated heterocycles. The average molecular weight is 349 g/mol. The molecular formula is C21H23N3O2. The number of nitrogens with one attached hydrogen (secondary N) is 2. The minimum Gasteiger partial charge on any atom is -0.507 e. The Kier molecular flexibility index (Phi) is 5.88. The van der Waals surface area contributed by atoms with Gasteiger partial charge in [0, 0.05) is 12.0 Å². The van der Waals surface area contributed by atoms with Crippen LogP contribution in [0.4, 0.5) is 0 Å². The molecule has 0 radical (unpaired) electrons. The Labute approximate surface area is 153 Å². The lowest BCUT2D eigenvalue weighted by Crippen LogP contribution is -2.49. The molecule has 2 aromatic rings. The van der Waals surface area contributed by atoms with Crippen molar-refractivity contribution < 1.29 is 9.90 Å². The van der Waals surface area contributed by atoms with Gasteiger partial charge in [-0.3, -0.25) is 4.79 Å². The van der Waals surface area contributed by atoms with Crippen molar-refractivity contribution in [1.29, 1.82) is 5.26 Å². The van der Waals surface area contributed by atoms with Crippen LogP contribution >= 0.6 is 0 Å². The molecule has 2 aromatic carbocycles. The number of hydrogen-bond acceptors (Lipinski definition) is 4. The number of rotatable bonds is 5. The second kappa shape index (κ2) is 8.50. The van der Waals surface area contributed by atoms with E-state index in [0.717, 1.165) is 42.5 Å². The Hall–Kier alpha value is -2.84. The fourth-order valence-electron chi connectivity index (χ4n) is 3.25. The molecule has 26 heavy (non-hydrogen) atoms. The van der Waals surface area contributed by atoms with Gasteiger partial charge in [0.2, 0.25) is 5.91 Å². The van der Waals surface area contributed by atoms with E-state index in [4.69, 9.17) is 0 Å². The highest BCUT2D eigenvalue weighted by Gasteiger charge is 2.23. The van der Waals surface area contributed by atoms with Gasteiger partial charge >= 0.3 is 0 Å². The van der Waals surface area contributed by atoms with Crippen LogP contribution in [0.1, 0.15) is 24.8 Å². The fourth-order valence-corrected chi connectivity index (χ4v) is 3.25. The lowest BCUT2D eigenvalue weighted by atomic mass is 9.99. The summed E-state index contributed by atoms with van der Waals surface area (Å²) in [7, 11) is 0. The third kappa shape index (κ3) is 4.41. The first-order valence-corrected chi connectivity index (χ1v) is 8.98. The number of aromatic hydroxyl groups is 1.